The molecule has 0 radical (unpaired) electrons. The number of benzene rings is 3. The zero-order valence-corrected chi connectivity index (χ0v) is 16.6. The van der Waals surface area contributed by atoms with Crippen molar-refractivity contribution in [3.05, 3.63) is 78.1 Å². The number of fused-ring (bicyclic) bond motifs is 3. The van der Waals surface area contributed by atoms with Gasteiger partial charge >= 0.3 is 0 Å². The molecule has 152 valence electrons. The molecule has 0 fully saturated rings. The molecule has 0 unspecified atom stereocenters. The first kappa shape index (κ1) is 18.7. The van der Waals surface area contributed by atoms with Crippen LogP contribution in [0.5, 0.6) is 11.5 Å². The van der Waals surface area contributed by atoms with Gasteiger partial charge in [0.15, 0.2) is 5.75 Å². The van der Waals surface area contributed by atoms with E-state index in [2.05, 4.69) is 26.7 Å². The van der Waals surface area contributed by atoms with Gasteiger partial charge in [-0.1, -0.05) is 12.1 Å². The molecule has 31 heavy (non-hydrogen) atoms. The topological polar surface area (TPSA) is 92.1 Å². The molecule has 1 aliphatic heterocycles. The van der Waals surface area contributed by atoms with E-state index in [0.29, 0.717) is 24.6 Å². The average Bonchev–Trinajstić information content (AvgIpc) is 2.83. The smallest absolute Gasteiger partial charge is 0.155 e. The summed E-state index contributed by atoms with van der Waals surface area (Å²) in [6.07, 6.45) is 1.54. The molecule has 1 aromatic heterocycles. The number of nitriles is 1. The Morgan fingerprint density at radius 1 is 1.10 bits per heavy atom. The molecule has 0 saturated carbocycles. The molecule has 7 nitrogen and oxygen atoms in total. The van der Waals surface area contributed by atoms with Crippen LogP contribution in [0.15, 0.2) is 67.0 Å². The lowest BCUT2D eigenvalue weighted by Gasteiger charge is -2.21. The van der Waals surface area contributed by atoms with Crippen molar-refractivity contribution in [3.63, 3.8) is 0 Å². The van der Waals surface area contributed by atoms with E-state index in [4.69, 9.17) is 14.7 Å². The van der Waals surface area contributed by atoms with Crippen molar-refractivity contribution in [1.82, 2.24) is 9.97 Å². The minimum absolute atomic E-state index is 0.398. The van der Waals surface area contributed by atoms with Gasteiger partial charge in [-0.2, -0.15) is 5.26 Å². The molecule has 3 aromatic carbocycles. The van der Waals surface area contributed by atoms with Gasteiger partial charge in [0.2, 0.25) is 0 Å². The maximum absolute atomic E-state index is 9.01. The third kappa shape index (κ3) is 3.91. The fraction of sp³-hybridized carbons (Fsp3) is 0.125. The van der Waals surface area contributed by atoms with Crippen LogP contribution in [-0.2, 0) is 6.61 Å². The van der Waals surface area contributed by atoms with Crippen molar-refractivity contribution < 1.29 is 9.47 Å². The fourth-order valence-corrected chi connectivity index (χ4v) is 3.51. The zero-order chi connectivity index (χ0) is 21.0. The van der Waals surface area contributed by atoms with E-state index in [9.17, 15) is 0 Å². The van der Waals surface area contributed by atoms with Crippen molar-refractivity contribution >= 4 is 28.1 Å². The molecule has 0 saturated heterocycles. The summed E-state index contributed by atoms with van der Waals surface area (Å²) in [6.45, 7) is 1.77. The summed E-state index contributed by atoms with van der Waals surface area (Å²) < 4.78 is 11.8. The Morgan fingerprint density at radius 3 is 2.87 bits per heavy atom. The number of hydrogen-bond donors (Lipinski definition) is 2. The maximum atomic E-state index is 9.01. The summed E-state index contributed by atoms with van der Waals surface area (Å²) in [6, 6.07) is 21.1. The molecule has 7 heteroatoms. The lowest BCUT2D eigenvalue weighted by molar-refractivity contribution is 0.306. The van der Waals surface area contributed by atoms with E-state index < -0.39 is 0 Å². The molecule has 0 spiro atoms. The Hall–Kier alpha value is -4.31. The molecular weight excluding hydrogens is 390 g/mol. The quantitative estimate of drug-likeness (QED) is 0.496. The van der Waals surface area contributed by atoms with Crippen molar-refractivity contribution in [3.8, 4) is 17.6 Å². The highest BCUT2D eigenvalue weighted by atomic mass is 16.5. The molecule has 1 aliphatic rings. The summed E-state index contributed by atoms with van der Waals surface area (Å²) in [5.74, 6) is 2.20. The van der Waals surface area contributed by atoms with Crippen molar-refractivity contribution in [2.75, 3.05) is 23.8 Å². The third-order valence-electron chi connectivity index (χ3n) is 5.00. The molecule has 2 heterocycles. The van der Waals surface area contributed by atoms with Crippen LogP contribution < -0.4 is 20.1 Å². The second-order valence-corrected chi connectivity index (χ2v) is 7.08. The predicted octanol–water partition coefficient (Wildman–Crippen LogP) is 4.63. The van der Waals surface area contributed by atoms with Crippen LogP contribution in [0.25, 0.3) is 10.9 Å². The maximum Gasteiger partial charge on any atom is 0.155 e. The largest absolute Gasteiger partial charge is 0.489 e. The lowest BCUT2D eigenvalue weighted by Crippen LogP contribution is -2.18. The summed E-state index contributed by atoms with van der Waals surface area (Å²) in [5, 5.41) is 16.6. The first-order valence-electron chi connectivity index (χ1n) is 9.93. The first-order valence-corrected chi connectivity index (χ1v) is 9.93. The van der Waals surface area contributed by atoms with Crippen molar-refractivity contribution in [1.29, 1.82) is 5.26 Å². The monoisotopic (exact) mass is 409 g/mol. The van der Waals surface area contributed by atoms with E-state index in [-0.39, 0.29) is 0 Å². The van der Waals surface area contributed by atoms with Crippen LogP contribution in [-0.4, -0.2) is 23.1 Å². The summed E-state index contributed by atoms with van der Waals surface area (Å²) in [4.78, 5) is 8.81. The molecule has 0 atom stereocenters. The Kier molecular flexibility index (Phi) is 4.95. The second-order valence-electron chi connectivity index (χ2n) is 7.08. The van der Waals surface area contributed by atoms with Gasteiger partial charge in [0.1, 0.15) is 31.1 Å². The molecule has 0 bridgehead atoms. The predicted molar refractivity (Wildman–Crippen MR) is 119 cm³/mol. The third-order valence-corrected chi connectivity index (χ3v) is 5.00. The molecule has 0 aliphatic carbocycles. The van der Waals surface area contributed by atoms with Crippen LogP contribution in [0.1, 0.15) is 11.1 Å². The van der Waals surface area contributed by atoms with Gasteiger partial charge in [-0.15, -0.1) is 0 Å². The van der Waals surface area contributed by atoms with Gasteiger partial charge in [0.25, 0.3) is 0 Å². The Balaban J connectivity index is 1.34. The summed E-state index contributed by atoms with van der Waals surface area (Å²) in [7, 11) is 0. The average molecular weight is 409 g/mol. The van der Waals surface area contributed by atoms with E-state index >= 15 is 0 Å². The summed E-state index contributed by atoms with van der Waals surface area (Å²) >= 11 is 0. The summed E-state index contributed by atoms with van der Waals surface area (Å²) in [5.41, 5.74) is 4.21. The fourth-order valence-electron chi connectivity index (χ4n) is 3.51. The van der Waals surface area contributed by atoms with Gasteiger partial charge in [0, 0.05) is 12.2 Å². The highest BCUT2D eigenvalue weighted by Gasteiger charge is 2.17. The minimum Gasteiger partial charge on any atom is -0.489 e. The number of rotatable bonds is 5. The van der Waals surface area contributed by atoms with Gasteiger partial charge in [-0.05, 0) is 54.1 Å². The Labute approximate surface area is 179 Å². The molecule has 4 aromatic rings. The number of hydrogen-bond acceptors (Lipinski definition) is 7. The van der Waals surface area contributed by atoms with Crippen molar-refractivity contribution in [2.24, 2.45) is 0 Å². The van der Waals surface area contributed by atoms with Gasteiger partial charge in [-0.3, -0.25) is 0 Å². The Bertz CT molecular complexity index is 1280. The Morgan fingerprint density at radius 2 is 2.00 bits per heavy atom. The van der Waals surface area contributed by atoms with E-state index in [1.54, 1.807) is 12.4 Å². The van der Waals surface area contributed by atoms with E-state index in [1.165, 1.54) is 0 Å². The molecule has 0 amide bonds. The number of ether oxygens (including phenoxy) is 2. The van der Waals surface area contributed by atoms with Crippen LogP contribution in [0.4, 0.5) is 17.2 Å². The number of nitrogens with zero attached hydrogens (tertiary/aromatic N) is 3. The SMILES string of the molecule is N#Cc1cccc(COc2ccc(Nc3ncnc4ccc5c(c34)OCCN5)cc2)c1. The van der Waals surface area contributed by atoms with Gasteiger partial charge < -0.3 is 20.1 Å². The van der Waals surface area contributed by atoms with Crippen LogP contribution in [0.3, 0.4) is 0 Å². The number of nitrogens with one attached hydrogen (secondary N) is 2. The van der Waals surface area contributed by atoms with Gasteiger partial charge in [-0.25, -0.2) is 9.97 Å². The molecule has 2 N–H and O–H groups in total. The van der Waals surface area contributed by atoms with Crippen LogP contribution >= 0.6 is 0 Å². The standard InChI is InChI=1S/C24H19N5O2/c25-13-16-2-1-3-17(12-16)14-31-19-6-4-18(5-7-19)29-24-22-20(27-15-28-24)8-9-21-23(22)30-11-10-26-21/h1-9,12,15,26H,10-11,14H2,(H,27,28,29). The minimum atomic E-state index is 0.398. The zero-order valence-electron chi connectivity index (χ0n) is 16.6. The van der Waals surface area contributed by atoms with E-state index in [1.807, 2.05) is 54.6 Å². The first-order chi connectivity index (χ1) is 15.3. The number of anilines is 3. The van der Waals surface area contributed by atoms with Gasteiger partial charge in [0.05, 0.1) is 28.2 Å². The van der Waals surface area contributed by atoms with Crippen LogP contribution in [0.2, 0.25) is 0 Å². The normalized spacial score (nSPS) is 12.2. The highest BCUT2D eigenvalue weighted by molar-refractivity contribution is 5.99. The van der Waals surface area contributed by atoms with Crippen molar-refractivity contribution in [2.45, 2.75) is 6.61 Å². The second kappa shape index (κ2) is 8.20. The highest BCUT2D eigenvalue weighted by Crippen LogP contribution is 2.39. The van der Waals surface area contributed by atoms with Crippen LogP contribution in [0, 0.1) is 11.3 Å². The molecular formula is C24H19N5O2. The van der Waals surface area contributed by atoms with E-state index in [0.717, 1.165) is 45.9 Å². The molecule has 5 rings (SSSR count). The number of aromatic nitrogens is 2. The lowest BCUT2D eigenvalue weighted by atomic mass is 10.1.